The van der Waals surface area contributed by atoms with Gasteiger partial charge in [-0.2, -0.15) is 0 Å². The normalized spacial score (nSPS) is 12.6. The molecule has 0 spiro atoms. The minimum atomic E-state index is 0.550. The van der Waals surface area contributed by atoms with E-state index in [0.717, 1.165) is 30.1 Å². The van der Waals surface area contributed by atoms with Gasteiger partial charge in [-0.25, -0.2) is 4.98 Å². The highest BCUT2D eigenvalue weighted by Gasteiger charge is 2.12. The third kappa shape index (κ3) is 4.60. The van der Waals surface area contributed by atoms with E-state index >= 15 is 0 Å². The Kier molecular flexibility index (Phi) is 5.37. The van der Waals surface area contributed by atoms with E-state index in [1.807, 2.05) is 26.1 Å². The van der Waals surface area contributed by atoms with E-state index in [1.54, 1.807) is 11.3 Å². The molecule has 0 saturated carbocycles. The highest BCUT2D eigenvalue weighted by Crippen LogP contribution is 2.19. The molecule has 0 aliphatic heterocycles. The second kappa shape index (κ2) is 7.04. The number of nitrogens with one attached hydrogen (secondary N) is 1. The first-order chi connectivity index (χ1) is 9.17. The van der Waals surface area contributed by atoms with Gasteiger partial charge < -0.3 is 5.32 Å². The van der Waals surface area contributed by atoms with E-state index in [9.17, 15) is 0 Å². The van der Waals surface area contributed by atoms with Crippen LogP contribution in [-0.2, 0) is 12.8 Å². The van der Waals surface area contributed by atoms with E-state index in [2.05, 4.69) is 27.8 Å². The lowest BCUT2D eigenvalue weighted by Gasteiger charge is -2.15. The molecule has 0 aliphatic carbocycles. The van der Waals surface area contributed by atoms with Gasteiger partial charge in [-0.15, -0.1) is 11.3 Å². The number of halogens is 1. The number of hydrogen-bond donors (Lipinski definition) is 1. The van der Waals surface area contributed by atoms with Crippen molar-refractivity contribution in [3.63, 3.8) is 0 Å². The Labute approximate surface area is 123 Å². The molecule has 19 heavy (non-hydrogen) atoms. The minimum absolute atomic E-state index is 0.550. The molecule has 0 bridgehead atoms. The van der Waals surface area contributed by atoms with Crippen molar-refractivity contribution < 1.29 is 0 Å². The molecule has 102 valence electrons. The highest BCUT2D eigenvalue weighted by atomic mass is 35.5. The van der Waals surface area contributed by atoms with Crippen LogP contribution < -0.4 is 5.32 Å². The molecule has 2 nitrogen and oxygen atoms in total. The fraction of sp³-hybridized carbons (Fsp3) is 0.400. The second-order valence-electron chi connectivity index (χ2n) is 4.84. The predicted molar refractivity (Wildman–Crippen MR) is 83.1 cm³/mol. The fourth-order valence-electron chi connectivity index (χ4n) is 2.25. The molecule has 0 fully saturated rings. The summed E-state index contributed by atoms with van der Waals surface area (Å²) < 4.78 is 0. The molecule has 1 unspecified atom stereocenters. The van der Waals surface area contributed by atoms with Crippen molar-refractivity contribution in [1.82, 2.24) is 10.3 Å². The zero-order valence-corrected chi connectivity index (χ0v) is 12.9. The largest absolute Gasteiger partial charge is 0.319 e. The third-order valence-electron chi connectivity index (χ3n) is 3.04. The minimum Gasteiger partial charge on any atom is -0.319 e. The smallest absolute Gasteiger partial charge is 0.0931 e. The van der Waals surface area contributed by atoms with Crippen molar-refractivity contribution in [3.8, 4) is 0 Å². The molecule has 2 aromatic rings. The third-order valence-corrected chi connectivity index (χ3v) is 4.26. The molecule has 4 heteroatoms. The number of benzene rings is 1. The Hall–Kier alpha value is -0.900. The molecule has 1 atom stereocenters. The van der Waals surface area contributed by atoms with Crippen molar-refractivity contribution >= 4 is 22.9 Å². The van der Waals surface area contributed by atoms with Crippen molar-refractivity contribution in [2.75, 3.05) is 13.6 Å². The quantitative estimate of drug-likeness (QED) is 0.878. The zero-order valence-electron chi connectivity index (χ0n) is 11.3. The van der Waals surface area contributed by atoms with Gasteiger partial charge in [-0.1, -0.05) is 23.7 Å². The summed E-state index contributed by atoms with van der Waals surface area (Å²) in [6.07, 6.45) is 2.05. The van der Waals surface area contributed by atoms with Crippen LogP contribution in [0.3, 0.4) is 0 Å². The average Bonchev–Trinajstić information content (AvgIpc) is 2.75. The van der Waals surface area contributed by atoms with E-state index in [1.165, 1.54) is 10.6 Å². The maximum absolute atomic E-state index is 6.04. The van der Waals surface area contributed by atoms with Crippen LogP contribution in [0.25, 0.3) is 0 Å². The van der Waals surface area contributed by atoms with Gasteiger partial charge in [0.1, 0.15) is 0 Å². The Morgan fingerprint density at radius 1 is 1.37 bits per heavy atom. The SMILES string of the molecule is CNCC(Cc1cccc(Cl)c1)Cc1nc(C)cs1. The lowest BCUT2D eigenvalue weighted by atomic mass is 9.96. The van der Waals surface area contributed by atoms with Crippen LogP contribution in [0.1, 0.15) is 16.3 Å². The molecule has 1 N–H and O–H groups in total. The summed E-state index contributed by atoms with van der Waals surface area (Å²) in [5.74, 6) is 0.550. The first-order valence-electron chi connectivity index (χ1n) is 6.47. The van der Waals surface area contributed by atoms with Crippen LogP contribution >= 0.6 is 22.9 Å². The lowest BCUT2D eigenvalue weighted by molar-refractivity contribution is 0.492. The molecule has 1 aromatic heterocycles. The summed E-state index contributed by atoms with van der Waals surface area (Å²) in [6, 6.07) is 8.13. The monoisotopic (exact) mass is 294 g/mol. The second-order valence-corrected chi connectivity index (χ2v) is 6.22. The number of thiazole rings is 1. The van der Waals surface area contributed by atoms with Gasteiger partial charge in [0.15, 0.2) is 0 Å². The van der Waals surface area contributed by atoms with Gasteiger partial charge in [-0.05, 0) is 50.6 Å². The number of hydrogen-bond acceptors (Lipinski definition) is 3. The first kappa shape index (κ1) is 14.5. The molecular weight excluding hydrogens is 276 g/mol. The molecule has 1 aromatic carbocycles. The van der Waals surface area contributed by atoms with Gasteiger partial charge in [0.25, 0.3) is 0 Å². The summed E-state index contributed by atoms with van der Waals surface area (Å²) in [5, 5.41) is 7.42. The zero-order chi connectivity index (χ0) is 13.7. The van der Waals surface area contributed by atoms with Crippen molar-refractivity contribution in [3.05, 3.63) is 50.9 Å². The van der Waals surface area contributed by atoms with Crippen LogP contribution in [0.15, 0.2) is 29.6 Å². The van der Waals surface area contributed by atoms with Crippen LogP contribution in [0.2, 0.25) is 5.02 Å². The molecular formula is C15H19ClN2S. The standard InChI is InChI=1S/C15H19ClN2S/c1-11-10-19-15(18-11)8-13(9-17-2)6-12-4-3-5-14(16)7-12/h3-5,7,10,13,17H,6,8-9H2,1-2H3. The molecule has 2 rings (SSSR count). The summed E-state index contributed by atoms with van der Waals surface area (Å²) in [4.78, 5) is 4.56. The Morgan fingerprint density at radius 2 is 2.21 bits per heavy atom. The maximum Gasteiger partial charge on any atom is 0.0931 e. The van der Waals surface area contributed by atoms with Gasteiger partial charge in [0.05, 0.1) is 5.01 Å². The summed E-state index contributed by atoms with van der Waals surface area (Å²) in [6.45, 7) is 3.04. The number of aryl methyl sites for hydroxylation is 1. The molecule has 0 aliphatic rings. The van der Waals surface area contributed by atoms with Gasteiger partial charge in [0.2, 0.25) is 0 Å². The lowest BCUT2D eigenvalue weighted by Crippen LogP contribution is -2.22. The van der Waals surface area contributed by atoms with Crippen molar-refractivity contribution in [2.24, 2.45) is 5.92 Å². The molecule has 0 radical (unpaired) electrons. The highest BCUT2D eigenvalue weighted by molar-refractivity contribution is 7.09. The van der Waals surface area contributed by atoms with Crippen LogP contribution in [0.5, 0.6) is 0 Å². The number of rotatable bonds is 6. The van der Waals surface area contributed by atoms with Gasteiger partial charge >= 0.3 is 0 Å². The summed E-state index contributed by atoms with van der Waals surface area (Å²) in [5.41, 5.74) is 2.41. The number of nitrogens with zero attached hydrogens (tertiary/aromatic N) is 1. The fourth-order valence-corrected chi connectivity index (χ4v) is 3.35. The van der Waals surface area contributed by atoms with E-state index < -0.39 is 0 Å². The summed E-state index contributed by atoms with van der Waals surface area (Å²) >= 11 is 7.80. The van der Waals surface area contributed by atoms with E-state index in [4.69, 9.17) is 11.6 Å². The maximum atomic E-state index is 6.04. The number of aromatic nitrogens is 1. The van der Waals surface area contributed by atoms with Gasteiger partial charge in [-0.3, -0.25) is 0 Å². The van der Waals surface area contributed by atoms with Crippen molar-refractivity contribution in [1.29, 1.82) is 0 Å². The van der Waals surface area contributed by atoms with E-state index in [-0.39, 0.29) is 0 Å². The molecule has 0 amide bonds. The van der Waals surface area contributed by atoms with Crippen LogP contribution in [0.4, 0.5) is 0 Å². The average molecular weight is 295 g/mol. The first-order valence-corrected chi connectivity index (χ1v) is 7.73. The van der Waals surface area contributed by atoms with Crippen LogP contribution in [0, 0.1) is 12.8 Å². The van der Waals surface area contributed by atoms with Crippen molar-refractivity contribution in [2.45, 2.75) is 19.8 Å². The van der Waals surface area contributed by atoms with Crippen LogP contribution in [-0.4, -0.2) is 18.6 Å². The Balaban J connectivity index is 2.03. The topological polar surface area (TPSA) is 24.9 Å². The molecule has 0 saturated heterocycles. The Morgan fingerprint density at radius 3 is 2.84 bits per heavy atom. The van der Waals surface area contributed by atoms with Gasteiger partial charge in [0, 0.05) is 22.5 Å². The Bertz CT molecular complexity index is 524. The summed E-state index contributed by atoms with van der Waals surface area (Å²) in [7, 11) is 2.00. The van der Waals surface area contributed by atoms with E-state index in [0.29, 0.717) is 5.92 Å². The predicted octanol–water partition coefficient (Wildman–Crippen LogP) is 3.73. The molecule has 1 heterocycles.